The number of hydrogen-bond acceptors (Lipinski definition) is 4. The second-order valence-electron chi connectivity index (χ2n) is 4.95. The topological polar surface area (TPSA) is 75.3 Å². The standard InChI is InChI=1S/C14H18N2O3S/c1-9-2-6-12(20-9)11(17)5-7-13(18)15-8-14(19)16-10-3-4-10/h2,6,10H,3-5,7-8H2,1H3,(H,15,18)(H,16,19). The van der Waals surface area contributed by atoms with Gasteiger partial charge in [-0.1, -0.05) is 0 Å². The third-order valence-electron chi connectivity index (χ3n) is 2.98. The Morgan fingerprint density at radius 1 is 1.20 bits per heavy atom. The van der Waals surface area contributed by atoms with Gasteiger partial charge in [-0.15, -0.1) is 11.3 Å². The van der Waals surface area contributed by atoms with Crippen molar-refractivity contribution < 1.29 is 14.4 Å². The number of aryl methyl sites for hydroxylation is 1. The summed E-state index contributed by atoms with van der Waals surface area (Å²) in [6.45, 7) is 1.92. The number of carbonyl (C=O) groups excluding carboxylic acids is 3. The monoisotopic (exact) mass is 294 g/mol. The molecule has 1 heterocycles. The predicted octanol–water partition coefficient (Wildman–Crippen LogP) is 1.41. The molecule has 1 aromatic rings. The molecule has 1 aliphatic rings. The minimum atomic E-state index is -0.266. The molecule has 0 aromatic carbocycles. The number of carbonyl (C=O) groups is 3. The van der Waals surface area contributed by atoms with Crippen molar-refractivity contribution in [2.75, 3.05) is 6.54 Å². The van der Waals surface area contributed by atoms with Crippen LogP contribution < -0.4 is 10.6 Å². The molecule has 2 N–H and O–H groups in total. The fourth-order valence-electron chi connectivity index (χ4n) is 1.71. The van der Waals surface area contributed by atoms with Crippen LogP contribution >= 0.6 is 11.3 Å². The number of nitrogens with one attached hydrogen (secondary N) is 2. The Hall–Kier alpha value is -1.69. The lowest BCUT2D eigenvalue weighted by Gasteiger charge is -2.05. The van der Waals surface area contributed by atoms with E-state index in [2.05, 4.69) is 10.6 Å². The number of Topliss-reactive ketones (excluding diaryl/α,β-unsaturated/α-hetero) is 1. The van der Waals surface area contributed by atoms with Crippen LogP contribution in [0.2, 0.25) is 0 Å². The van der Waals surface area contributed by atoms with Crippen molar-refractivity contribution >= 4 is 28.9 Å². The molecular formula is C14H18N2O3S. The molecule has 0 bridgehead atoms. The highest BCUT2D eigenvalue weighted by Gasteiger charge is 2.23. The van der Waals surface area contributed by atoms with Gasteiger partial charge in [0.15, 0.2) is 5.78 Å². The van der Waals surface area contributed by atoms with Gasteiger partial charge in [0.2, 0.25) is 11.8 Å². The summed E-state index contributed by atoms with van der Waals surface area (Å²) in [6.07, 6.45) is 2.34. The largest absolute Gasteiger partial charge is 0.352 e. The maximum absolute atomic E-state index is 11.8. The van der Waals surface area contributed by atoms with E-state index in [0.717, 1.165) is 17.7 Å². The maximum atomic E-state index is 11.8. The Morgan fingerprint density at radius 3 is 2.55 bits per heavy atom. The molecule has 0 aliphatic heterocycles. The maximum Gasteiger partial charge on any atom is 0.239 e. The Morgan fingerprint density at radius 2 is 1.95 bits per heavy atom. The van der Waals surface area contributed by atoms with Crippen LogP contribution in [0, 0.1) is 6.92 Å². The normalized spacial score (nSPS) is 13.8. The van der Waals surface area contributed by atoms with Crippen LogP contribution in [0.15, 0.2) is 12.1 Å². The molecule has 0 unspecified atom stereocenters. The van der Waals surface area contributed by atoms with Crippen molar-refractivity contribution in [3.05, 3.63) is 21.9 Å². The lowest BCUT2D eigenvalue weighted by atomic mass is 10.2. The van der Waals surface area contributed by atoms with E-state index in [0.29, 0.717) is 10.9 Å². The summed E-state index contributed by atoms with van der Waals surface area (Å²) in [6, 6.07) is 3.96. The first-order chi connectivity index (χ1) is 9.54. The van der Waals surface area contributed by atoms with Crippen molar-refractivity contribution in [2.24, 2.45) is 0 Å². The Labute approximate surface area is 121 Å². The molecular weight excluding hydrogens is 276 g/mol. The minimum absolute atomic E-state index is 0.0123. The molecule has 108 valence electrons. The van der Waals surface area contributed by atoms with Crippen LogP contribution in [-0.2, 0) is 9.59 Å². The summed E-state index contributed by atoms with van der Waals surface area (Å²) in [5, 5.41) is 5.31. The van der Waals surface area contributed by atoms with Crippen molar-refractivity contribution in [1.29, 1.82) is 0 Å². The SMILES string of the molecule is Cc1ccc(C(=O)CCC(=O)NCC(=O)NC2CC2)s1. The molecule has 1 saturated carbocycles. The van der Waals surface area contributed by atoms with Crippen molar-refractivity contribution in [3.63, 3.8) is 0 Å². The molecule has 2 amide bonds. The molecule has 2 rings (SSSR count). The van der Waals surface area contributed by atoms with Crippen LogP contribution in [0.1, 0.15) is 40.2 Å². The highest BCUT2D eigenvalue weighted by atomic mass is 32.1. The van der Waals surface area contributed by atoms with E-state index in [4.69, 9.17) is 0 Å². The molecule has 0 radical (unpaired) electrons. The zero-order chi connectivity index (χ0) is 14.5. The van der Waals surface area contributed by atoms with E-state index in [1.54, 1.807) is 6.07 Å². The fraction of sp³-hybridized carbons (Fsp3) is 0.500. The lowest BCUT2D eigenvalue weighted by Crippen LogP contribution is -2.37. The molecule has 20 heavy (non-hydrogen) atoms. The highest BCUT2D eigenvalue weighted by Crippen LogP contribution is 2.18. The van der Waals surface area contributed by atoms with Gasteiger partial charge in [-0.3, -0.25) is 14.4 Å². The van der Waals surface area contributed by atoms with E-state index in [1.807, 2.05) is 13.0 Å². The molecule has 1 aromatic heterocycles. The van der Waals surface area contributed by atoms with Gasteiger partial charge in [-0.25, -0.2) is 0 Å². The lowest BCUT2D eigenvalue weighted by molar-refractivity contribution is -0.126. The minimum Gasteiger partial charge on any atom is -0.352 e. The first-order valence-electron chi connectivity index (χ1n) is 6.70. The molecule has 0 saturated heterocycles. The summed E-state index contributed by atoms with van der Waals surface area (Å²) in [4.78, 5) is 36.5. The number of thiophene rings is 1. The van der Waals surface area contributed by atoms with Crippen LogP contribution in [0.3, 0.4) is 0 Å². The summed E-state index contributed by atoms with van der Waals surface area (Å²) in [5.41, 5.74) is 0. The third-order valence-corrected chi connectivity index (χ3v) is 4.02. The van der Waals surface area contributed by atoms with Gasteiger partial charge in [-0.05, 0) is 31.9 Å². The van der Waals surface area contributed by atoms with Gasteiger partial charge >= 0.3 is 0 Å². The first-order valence-corrected chi connectivity index (χ1v) is 7.52. The summed E-state index contributed by atoms with van der Waals surface area (Å²) in [7, 11) is 0. The van der Waals surface area contributed by atoms with Gasteiger partial charge in [0, 0.05) is 23.8 Å². The van der Waals surface area contributed by atoms with Crippen LogP contribution in [-0.4, -0.2) is 30.2 Å². The van der Waals surface area contributed by atoms with Crippen molar-refractivity contribution in [2.45, 2.75) is 38.6 Å². The smallest absolute Gasteiger partial charge is 0.239 e. The number of hydrogen-bond donors (Lipinski definition) is 2. The zero-order valence-electron chi connectivity index (χ0n) is 11.4. The molecule has 0 atom stereocenters. The quantitative estimate of drug-likeness (QED) is 0.747. The summed E-state index contributed by atoms with van der Waals surface area (Å²) >= 11 is 1.43. The molecule has 1 aliphatic carbocycles. The van der Waals surface area contributed by atoms with E-state index >= 15 is 0 Å². The molecule has 0 spiro atoms. The average Bonchev–Trinajstić information content (AvgIpc) is 3.12. The van der Waals surface area contributed by atoms with Crippen molar-refractivity contribution in [1.82, 2.24) is 10.6 Å². The Bertz CT molecular complexity index is 520. The Kier molecular flexibility index (Phi) is 4.89. The van der Waals surface area contributed by atoms with Gasteiger partial charge < -0.3 is 10.6 Å². The highest BCUT2D eigenvalue weighted by molar-refractivity contribution is 7.14. The van der Waals surface area contributed by atoms with Crippen LogP contribution in [0.25, 0.3) is 0 Å². The second kappa shape index (κ2) is 6.65. The fourth-order valence-corrected chi connectivity index (χ4v) is 2.54. The van der Waals surface area contributed by atoms with E-state index < -0.39 is 0 Å². The molecule has 1 fully saturated rings. The van der Waals surface area contributed by atoms with E-state index in [9.17, 15) is 14.4 Å². The second-order valence-corrected chi connectivity index (χ2v) is 6.24. The molecule has 6 heteroatoms. The first kappa shape index (κ1) is 14.7. The predicted molar refractivity (Wildman–Crippen MR) is 76.8 cm³/mol. The van der Waals surface area contributed by atoms with E-state index in [1.165, 1.54) is 11.3 Å². The van der Waals surface area contributed by atoms with Gasteiger partial charge in [-0.2, -0.15) is 0 Å². The third kappa shape index (κ3) is 4.77. The number of amides is 2. The van der Waals surface area contributed by atoms with Gasteiger partial charge in [0.1, 0.15) is 0 Å². The summed E-state index contributed by atoms with van der Waals surface area (Å²) < 4.78 is 0. The van der Waals surface area contributed by atoms with Crippen LogP contribution in [0.5, 0.6) is 0 Å². The number of ketones is 1. The zero-order valence-corrected chi connectivity index (χ0v) is 12.2. The molecule has 5 nitrogen and oxygen atoms in total. The number of rotatable bonds is 7. The Balaban J connectivity index is 1.64. The summed E-state index contributed by atoms with van der Waals surface area (Å²) in [5.74, 6) is -0.459. The van der Waals surface area contributed by atoms with Gasteiger partial charge in [0.05, 0.1) is 11.4 Å². The van der Waals surface area contributed by atoms with Crippen LogP contribution in [0.4, 0.5) is 0 Å². The average molecular weight is 294 g/mol. The van der Waals surface area contributed by atoms with Crippen molar-refractivity contribution in [3.8, 4) is 0 Å². The van der Waals surface area contributed by atoms with Gasteiger partial charge in [0.25, 0.3) is 0 Å². The van der Waals surface area contributed by atoms with E-state index in [-0.39, 0.29) is 37.0 Å².